The Bertz CT molecular complexity index is 386. The first-order valence-electron chi connectivity index (χ1n) is 4.58. The minimum absolute atomic E-state index is 0.112. The van der Waals surface area contributed by atoms with E-state index in [2.05, 4.69) is 4.98 Å². The third kappa shape index (κ3) is 3.41. The van der Waals surface area contributed by atoms with Crippen molar-refractivity contribution in [3.63, 3.8) is 0 Å². The van der Waals surface area contributed by atoms with Gasteiger partial charge in [0.25, 0.3) is 5.69 Å². The molecule has 88 valence electrons. The average Bonchev–Trinajstić information content (AvgIpc) is 2.20. The lowest BCUT2D eigenvalue weighted by Gasteiger charge is -2.09. The molecule has 0 aliphatic heterocycles. The van der Waals surface area contributed by atoms with Crippen LogP contribution in [0.25, 0.3) is 0 Å². The fraction of sp³-hybridized carbons (Fsp3) is 0.444. The molecule has 7 heteroatoms. The van der Waals surface area contributed by atoms with E-state index in [1.807, 2.05) is 0 Å². The van der Waals surface area contributed by atoms with E-state index in [9.17, 15) is 10.1 Å². The zero-order valence-corrected chi connectivity index (χ0v) is 9.48. The first kappa shape index (κ1) is 12.8. The highest BCUT2D eigenvalue weighted by Crippen LogP contribution is 2.21. The molecule has 2 N–H and O–H groups in total. The van der Waals surface area contributed by atoms with E-state index in [4.69, 9.17) is 22.1 Å². The number of rotatable bonds is 5. The molecule has 1 unspecified atom stereocenters. The van der Waals surface area contributed by atoms with Gasteiger partial charge in [-0.25, -0.2) is 0 Å². The maximum absolute atomic E-state index is 10.7. The summed E-state index contributed by atoms with van der Waals surface area (Å²) in [5.74, 6) is 0. The zero-order chi connectivity index (χ0) is 12.1. The largest absolute Gasteiger partial charge is 0.383 e. The Morgan fingerprint density at radius 1 is 1.75 bits per heavy atom. The summed E-state index contributed by atoms with van der Waals surface area (Å²) in [6, 6.07) is 0.945. The molecule has 0 aliphatic carbocycles. The molecule has 0 saturated heterocycles. The fourth-order valence-electron chi connectivity index (χ4n) is 1.29. The van der Waals surface area contributed by atoms with Crippen molar-refractivity contribution in [2.24, 2.45) is 5.73 Å². The summed E-state index contributed by atoms with van der Waals surface area (Å²) in [5.41, 5.74) is 5.91. The standard InChI is InChI=1S/C9H12ClN3O3/c1-16-5-7(11)3-8-9(13(14)15)2-6(10)4-12-8/h2,4,7H,3,5,11H2,1H3. The summed E-state index contributed by atoms with van der Waals surface area (Å²) in [7, 11) is 1.52. The van der Waals surface area contributed by atoms with Crippen LogP contribution in [-0.2, 0) is 11.2 Å². The number of nitrogens with zero attached hydrogens (tertiary/aromatic N) is 2. The molecular weight excluding hydrogens is 234 g/mol. The van der Waals surface area contributed by atoms with E-state index in [0.29, 0.717) is 12.3 Å². The maximum atomic E-state index is 10.7. The number of halogens is 1. The third-order valence-electron chi connectivity index (χ3n) is 1.95. The lowest BCUT2D eigenvalue weighted by Crippen LogP contribution is -2.28. The smallest absolute Gasteiger partial charge is 0.292 e. The number of nitro groups is 1. The molecule has 1 aromatic rings. The van der Waals surface area contributed by atoms with Gasteiger partial charge in [0.2, 0.25) is 0 Å². The van der Waals surface area contributed by atoms with Crippen LogP contribution in [0, 0.1) is 10.1 Å². The van der Waals surface area contributed by atoms with Gasteiger partial charge in [-0.1, -0.05) is 11.6 Å². The van der Waals surface area contributed by atoms with Crippen molar-refractivity contribution in [1.29, 1.82) is 0 Å². The van der Waals surface area contributed by atoms with Crippen LogP contribution in [0.3, 0.4) is 0 Å². The molecule has 0 radical (unpaired) electrons. The molecule has 6 nitrogen and oxygen atoms in total. The molecule has 1 aromatic heterocycles. The first-order valence-corrected chi connectivity index (χ1v) is 4.95. The Morgan fingerprint density at radius 3 is 3.00 bits per heavy atom. The van der Waals surface area contributed by atoms with Crippen LogP contribution in [-0.4, -0.2) is 29.7 Å². The second kappa shape index (κ2) is 5.74. The first-order chi connectivity index (χ1) is 7.54. The Balaban J connectivity index is 2.90. The predicted molar refractivity (Wildman–Crippen MR) is 59.5 cm³/mol. The van der Waals surface area contributed by atoms with Crippen LogP contribution >= 0.6 is 11.6 Å². The van der Waals surface area contributed by atoms with Crippen molar-refractivity contribution < 1.29 is 9.66 Å². The summed E-state index contributed by atoms with van der Waals surface area (Å²) in [6.07, 6.45) is 1.64. The normalized spacial score (nSPS) is 12.4. The average molecular weight is 246 g/mol. The van der Waals surface area contributed by atoms with E-state index in [1.165, 1.54) is 19.4 Å². The van der Waals surface area contributed by atoms with Crippen molar-refractivity contribution in [3.05, 3.63) is 33.1 Å². The van der Waals surface area contributed by atoms with Gasteiger partial charge in [-0.3, -0.25) is 15.1 Å². The lowest BCUT2D eigenvalue weighted by molar-refractivity contribution is -0.385. The second-order valence-electron chi connectivity index (χ2n) is 3.30. The summed E-state index contributed by atoms with van der Waals surface area (Å²) < 4.78 is 4.85. The molecule has 0 aliphatic rings. The Kier molecular flexibility index (Phi) is 4.60. The minimum Gasteiger partial charge on any atom is -0.383 e. The van der Waals surface area contributed by atoms with Gasteiger partial charge in [0, 0.05) is 31.8 Å². The van der Waals surface area contributed by atoms with Gasteiger partial charge < -0.3 is 10.5 Å². The molecule has 1 rings (SSSR count). The molecule has 1 atom stereocenters. The van der Waals surface area contributed by atoms with Crippen LogP contribution < -0.4 is 5.73 Å². The molecule has 0 bridgehead atoms. The van der Waals surface area contributed by atoms with E-state index >= 15 is 0 Å². The maximum Gasteiger partial charge on any atom is 0.292 e. The van der Waals surface area contributed by atoms with Crippen molar-refractivity contribution >= 4 is 17.3 Å². The molecule has 0 saturated carbocycles. The molecule has 1 heterocycles. The Labute approximate surface area is 97.5 Å². The quantitative estimate of drug-likeness (QED) is 0.621. The van der Waals surface area contributed by atoms with Crippen molar-refractivity contribution in [2.75, 3.05) is 13.7 Å². The van der Waals surface area contributed by atoms with Gasteiger partial charge in [-0.05, 0) is 0 Å². The predicted octanol–water partition coefficient (Wildman–Crippen LogP) is 1.16. The highest BCUT2D eigenvalue weighted by molar-refractivity contribution is 6.30. The van der Waals surface area contributed by atoms with Gasteiger partial charge in [-0.15, -0.1) is 0 Å². The molecule has 0 amide bonds. The van der Waals surface area contributed by atoms with Gasteiger partial charge >= 0.3 is 0 Å². The summed E-state index contributed by atoms with van der Waals surface area (Å²) in [5, 5.41) is 11.0. The molecule has 16 heavy (non-hydrogen) atoms. The van der Waals surface area contributed by atoms with E-state index in [-0.39, 0.29) is 23.2 Å². The van der Waals surface area contributed by atoms with Crippen LogP contribution in [0.5, 0.6) is 0 Å². The summed E-state index contributed by atoms with van der Waals surface area (Å²) >= 11 is 5.64. The Hall–Kier alpha value is -1.24. The van der Waals surface area contributed by atoms with Gasteiger partial charge in [0.05, 0.1) is 16.6 Å². The highest BCUT2D eigenvalue weighted by atomic mass is 35.5. The fourth-order valence-corrected chi connectivity index (χ4v) is 1.45. The van der Waals surface area contributed by atoms with Crippen molar-refractivity contribution in [1.82, 2.24) is 4.98 Å². The lowest BCUT2D eigenvalue weighted by atomic mass is 10.1. The van der Waals surface area contributed by atoms with Crippen LogP contribution in [0.2, 0.25) is 5.02 Å². The number of pyridine rings is 1. The second-order valence-corrected chi connectivity index (χ2v) is 3.73. The van der Waals surface area contributed by atoms with Crippen molar-refractivity contribution in [3.8, 4) is 0 Å². The Morgan fingerprint density at radius 2 is 2.44 bits per heavy atom. The number of methoxy groups -OCH3 is 1. The summed E-state index contributed by atoms with van der Waals surface area (Å²) in [4.78, 5) is 14.1. The number of aromatic nitrogens is 1. The monoisotopic (exact) mass is 245 g/mol. The minimum atomic E-state index is -0.520. The molecule has 0 fully saturated rings. The molecular formula is C9H12ClN3O3. The third-order valence-corrected chi connectivity index (χ3v) is 2.15. The van der Waals surface area contributed by atoms with E-state index in [0.717, 1.165) is 0 Å². The number of ether oxygens (including phenoxy) is 1. The van der Waals surface area contributed by atoms with Crippen LogP contribution in [0.1, 0.15) is 5.69 Å². The SMILES string of the molecule is COCC(N)Cc1ncc(Cl)cc1[N+](=O)[O-]. The van der Waals surface area contributed by atoms with E-state index < -0.39 is 4.92 Å². The van der Waals surface area contributed by atoms with Crippen LogP contribution in [0.4, 0.5) is 5.69 Å². The molecule has 0 spiro atoms. The van der Waals surface area contributed by atoms with Gasteiger partial charge in [0.1, 0.15) is 5.69 Å². The van der Waals surface area contributed by atoms with Gasteiger partial charge in [-0.2, -0.15) is 0 Å². The van der Waals surface area contributed by atoms with E-state index in [1.54, 1.807) is 0 Å². The number of nitrogens with two attached hydrogens (primary N) is 1. The number of hydrogen-bond acceptors (Lipinski definition) is 5. The zero-order valence-electron chi connectivity index (χ0n) is 8.72. The highest BCUT2D eigenvalue weighted by Gasteiger charge is 2.18. The number of hydrogen-bond donors (Lipinski definition) is 1. The summed E-state index contributed by atoms with van der Waals surface area (Å²) in [6.45, 7) is 0.321. The van der Waals surface area contributed by atoms with Crippen molar-refractivity contribution in [2.45, 2.75) is 12.5 Å². The topological polar surface area (TPSA) is 91.3 Å². The van der Waals surface area contributed by atoms with Gasteiger partial charge in [0.15, 0.2) is 0 Å². The molecule has 0 aromatic carbocycles. The van der Waals surface area contributed by atoms with Crippen LogP contribution in [0.15, 0.2) is 12.3 Å².